The number of rotatable bonds is 8. The predicted molar refractivity (Wildman–Crippen MR) is 80.0 cm³/mol. The minimum absolute atomic E-state index is 0.773. The maximum Gasteiger partial charge on any atom is 0.0587 e. The molecule has 0 aliphatic rings. The molecule has 1 N–H and O–H groups in total. The highest BCUT2D eigenvalue weighted by atomic mass is 79.9. The summed E-state index contributed by atoms with van der Waals surface area (Å²) in [6, 6.07) is 6.46. The molecule has 1 aromatic rings. The normalized spacial score (nSPS) is 11.2. The van der Waals surface area contributed by atoms with Crippen molar-refractivity contribution in [2.24, 2.45) is 0 Å². The van der Waals surface area contributed by atoms with Crippen LogP contribution in [-0.4, -0.2) is 45.3 Å². The van der Waals surface area contributed by atoms with Crippen LogP contribution in [0.1, 0.15) is 11.1 Å². The number of ether oxygens (including phenoxy) is 1. The summed E-state index contributed by atoms with van der Waals surface area (Å²) in [4.78, 5) is 2.33. The lowest BCUT2D eigenvalue weighted by Gasteiger charge is -2.18. The Bertz CT molecular complexity index is 358. The Morgan fingerprint density at radius 3 is 2.78 bits per heavy atom. The van der Waals surface area contributed by atoms with Crippen molar-refractivity contribution in [1.29, 1.82) is 0 Å². The molecule has 0 aromatic heterocycles. The molecule has 0 spiro atoms. The molecule has 102 valence electrons. The fraction of sp³-hybridized carbons (Fsp3) is 0.571. The number of benzene rings is 1. The molecule has 0 saturated heterocycles. The van der Waals surface area contributed by atoms with E-state index in [0.717, 1.165) is 37.3 Å². The minimum Gasteiger partial charge on any atom is -0.383 e. The van der Waals surface area contributed by atoms with E-state index in [1.807, 2.05) is 0 Å². The second kappa shape index (κ2) is 8.64. The van der Waals surface area contributed by atoms with Gasteiger partial charge in [0.1, 0.15) is 0 Å². The van der Waals surface area contributed by atoms with E-state index in [4.69, 9.17) is 4.74 Å². The molecule has 18 heavy (non-hydrogen) atoms. The molecule has 0 radical (unpaired) electrons. The topological polar surface area (TPSA) is 24.5 Å². The number of likely N-dealkylation sites (N-methyl/N-ethyl adjacent to an activating group) is 1. The Labute approximate surface area is 119 Å². The van der Waals surface area contributed by atoms with E-state index in [1.54, 1.807) is 7.11 Å². The monoisotopic (exact) mass is 314 g/mol. The summed E-state index contributed by atoms with van der Waals surface area (Å²) in [5.74, 6) is 0. The maximum atomic E-state index is 4.99. The van der Waals surface area contributed by atoms with Crippen LogP contribution in [0.2, 0.25) is 0 Å². The summed E-state index contributed by atoms with van der Waals surface area (Å²) in [6.07, 6.45) is 0. The Hall–Kier alpha value is -0.420. The third-order valence-electron chi connectivity index (χ3n) is 2.90. The number of methoxy groups -OCH3 is 1. The van der Waals surface area contributed by atoms with Crippen molar-refractivity contribution in [1.82, 2.24) is 10.2 Å². The smallest absolute Gasteiger partial charge is 0.0587 e. The maximum absolute atomic E-state index is 4.99. The van der Waals surface area contributed by atoms with Gasteiger partial charge in [0.2, 0.25) is 0 Å². The van der Waals surface area contributed by atoms with Crippen LogP contribution in [0.3, 0.4) is 0 Å². The number of hydrogen-bond donors (Lipinski definition) is 1. The van der Waals surface area contributed by atoms with Gasteiger partial charge in [-0.1, -0.05) is 22.0 Å². The molecule has 0 heterocycles. The largest absolute Gasteiger partial charge is 0.383 e. The third kappa shape index (κ3) is 5.96. The Kier molecular flexibility index (Phi) is 7.51. The zero-order chi connectivity index (χ0) is 13.4. The summed E-state index contributed by atoms with van der Waals surface area (Å²) in [5.41, 5.74) is 2.72. The van der Waals surface area contributed by atoms with Gasteiger partial charge in [-0.3, -0.25) is 0 Å². The van der Waals surface area contributed by atoms with Gasteiger partial charge in [0.15, 0.2) is 0 Å². The highest BCUT2D eigenvalue weighted by Gasteiger charge is 2.03. The van der Waals surface area contributed by atoms with Crippen LogP contribution in [0.15, 0.2) is 22.7 Å². The lowest BCUT2D eigenvalue weighted by molar-refractivity contribution is 0.197. The number of hydrogen-bond acceptors (Lipinski definition) is 3. The van der Waals surface area contributed by atoms with Gasteiger partial charge >= 0.3 is 0 Å². The van der Waals surface area contributed by atoms with Crippen molar-refractivity contribution >= 4 is 15.9 Å². The Balaban J connectivity index is 2.28. The van der Waals surface area contributed by atoms with Crippen LogP contribution in [0.4, 0.5) is 0 Å². The Morgan fingerprint density at radius 2 is 2.11 bits per heavy atom. The number of nitrogens with one attached hydrogen (secondary N) is 1. The molecule has 0 aliphatic carbocycles. The Morgan fingerprint density at radius 1 is 1.33 bits per heavy atom. The molecule has 0 unspecified atom stereocenters. The van der Waals surface area contributed by atoms with Gasteiger partial charge < -0.3 is 15.0 Å². The van der Waals surface area contributed by atoms with Gasteiger partial charge in [0.05, 0.1) is 6.61 Å². The molecule has 1 aromatic carbocycles. The van der Waals surface area contributed by atoms with E-state index >= 15 is 0 Å². The van der Waals surface area contributed by atoms with Gasteiger partial charge in [0, 0.05) is 37.8 Å². The van der Waals surface area contributed by atoms with E-state index in [9.17, 15) is 0 Å². The van der Waals surface area contributed by atoms with Crippen molar-refractivity contribution in [3.05, 3.63) is 33.8 Å². The summed E-state index contributed by atoms with van der Waals surface area (Å²) >= 11 is 3.49. The van der Waals surface area contributed by atoms with Crippen molar-refractivity contribution in [2.75, 3.05) is 40.4 Å². The molecule has 0 fully saturated rings. The van der Waals surface area contributed by atoms with E-state index < -0.39 is 0 Å². The van der Waals surface area contributed by atoms with Gasteiger partial charge in [-0.15, -0.1) is 0 Å². The van der Waals surface area contributed by atoms with Crippen LogP contribution >= 0.6 is 15.9 Å². The lowest BCUT2D eigenvalue weighted by Crippen LogP contribution is -2.30. The average molecular weight is 315 g/mol. The van der Waals surface area contributed by atoms with Crippen LogP contribution < -0.4 is 5.32 Å². The molecule has 0 saturated carbocycles. The zero-order valence-corrected chi connectivity index (χ0v) is 13.1. The van der Waals surface area contributed by atoms with Gasteiger partial charge in [-0.25, -0.2) is 0 Å². The van der Waals surface area contributed by atoms with Gasteiger partial charge in [-0.05, 0) is 37.2 Å². The molecule has 3 nitrogen and oxygen atoms in total. The predicted octanol–water partition coefficient (Wildman–Crippen LogP) is 2.43. The van der Waals surface area contributed by atoms with Crippen LogP contribution in [-0.2, 0) is 11.3 Å². The molecular formula is C14H23BrN2O. The van der Waals surface area contributed by atoms with Crippen molar-refractivity contribution in [3.63, 3.8) is 0 Å². The lowest BCUT2D eigenvalue weighted by atomic mass is 10.1. The van der Waals surface area contributed by atoms with Crippen LogP contribution in [0, 0.1) is 6.92 Å². The summed E-state index contributed by atoms with van der Waals surface area (Å²) < 4.78 is 6.14. The number of nitrogens with zero attached hydrogens (tertiary/aromatic N) is 1. The van der Waals surface area contributed by atoms with Crippen LogP contribution in [0.5, 0.6) is 0 Å². The molecule has 0 bridgehead atoms. The highest BCUT2D eigenvalue weighted by molar-refractivity contribution is 9.10. The first kappa shape index (κ1) is 15.6. The zero-order valence-electron chi connectivity index (χ0n) is 11.5. The third-order valence-corrected chi connectivity index (χ3v) is 3.39. The van der Waals surface area contributed by atoms with E-state index in [2.05, 4.69) is 58.3 Å². The highest BCUT2D eigenvalue weighted by Crippen LogP contribution is 2.16. The second-order valence-corrected chi connectivity index (χ2v) is 5.47. The summed E-state index contributed by atoms with van der Waals surface area (Å²) in [6.45, 7) is 6.88. The van der Waals surface area contributed by atoms with Crippen molar-refractivity contribution < 1.29 is 4.74 Å². The molecule has 4 heteroatoms. The standard InChI is InChI=1S/C14H23BrN2O/c1-12-10-14(15)5-4-13(12)11-17(2)8-6-16-7-9-18-3/h4-5,10,16H,6-9,11H2,1-3H3. The first-order valence-corrected chi connectivity index (χ1v) is 7.06. The number of halogens is 1. The molecule has 0 amide bonds. The fourth-order valence-electron chi connectivity index (χ4n) is 1.78. The van der Waals surface area contributed by atoms with Gasteiger partial charge in [0.25, 0.3) is 0 Å². The second-order valence-electron chi connectivity index (χ2n) is 4.55. The van der Waals surface area contributed by atoms with Crippen LogP contribution in [0.25, 0.3) is 0 Å². The first-order valence-electron chi connectivity index (χ1n) is 6.26. The number of aryl methyl sites for hydroxylation is 1. The van der Waals surface area contributed by atoms with E-state index in [-0.39, 0.29) is 0 Å². The quantitative estimate of drug-likeness (QED) is 0.746. The SMILES string of the molecule is COCCNCCN(C)Cc1ccc(Br)cc1C. The summed E-state index contributed by atoms with van der Waals surface area (Å²) in [7, 11) is 3.88. The fourth-order valence-corrected chi connectivity index (χ4v) is 2.25. The molecule has 0 aliphatic heterocycles. The van der Waals surface area contributed by atoms with E-state index in [1.165, 1.54) is 11.1 Å². The first-order chi connectivity index (χ1) is 8.63. The van der Waals surface area contributed by atoms with Gasteiger partial charge in [-0.2, -0.15) is 0 Å². The van der Waals surface area contributed by atoms with Crippen molar-refractivity contribution in [3.8, 4) is 0 Å². The molecular weight excluding hydrogens is 292 g/mol. The molecule has 1 rings (SSSR count). The minimum atomic E-state index is 0.773. The average Bonchev–Trinajstić information content (AvgIpc) is 2.32. The van der Waals surface area contributed by atoms with Crippen molar-refractivity contribution in [2.45, 2.75) is 13.5 Å². The van der Waals surface area contributed by atoms with E-state index in [0.29, 0.717) is 0 Å². The molecule has 0 atom stereocenters. The summed E-state index contributed by atoms with van der Waals surface area (Å²) in [5, 5.41) is 3.35.